The zero-order chi connectivity index (χ0) is 13.4. The van der Waals surface area contributed by atoms with Crippen molar-refractivity contribution in [1.82, 2.24) is 15.1 Å². The first kappa shape index (κ1) is 15.9. The summed E-state index contributed by atoms with van der Waals surface area (Å²) in [6.45, 7) is 14.7. The highest BCUT2D eigenvalue weighted by Crippen LogP contribution is 2.14. The molecule has 1 rings (SSSR count). The van der Waals surface area contributed by atoms with Crippen molar-refractivity contribution in [1.29, 1.82) is 0 Å². The zero-order valence-electron chi connectivity index (χ0n) is 12.4. The van der Waals surface area contributed by atoms with Crippen molar-refractivity contribution >= 4 is 0 Å². The van der Waals surface area contributed by atoms with Crippen LogP contribution in [0, 0.1) is 5.92 Å². The molecule has 0 spiro atoms. The fourth-order valence-electron chi connectivity index (χ4n) is 2.67. The van der Waals surface area contributed by atoms with Gasteiger partial charge in [-0.3, -0.25) is 0 Å². The van der Waals surface area contributed by atoms with Crippen LogP contribution in [0.15, 0.2) is 0 Å². The largest absolute Gasteiger partial charge is 0.390 e. The lowest BCUT2D eigenvalue weighted by molar-refractivity contribution is 0.116. The number of hydrogen-bond acceptors (Lipinski definition) is 4. The van der Waals surface area contributed by atoms with Gasteiger partial charge < -0.3 is 20.2 Å². The molecular formula is C14H31N3O. The average molecular weight is 257 g/mol. The summed E-state index contributed by atoms with van der Waals surface area (Å²) in [5, 5.41) is 13.4. The minimum absolute atomic E-state index is 0.242. The van der Waals surface area contributed by atoms with Gasteiger partial charge in [0, 0.05) is 19.6 Å². The Bertz CT molecular complexity index is 209. The molecule has 2 atom stereocenters. The van der Waals surface area contributed by atoms with Gasteiger partial charge in [-0.1, -0.05) is 20.8 Å². The summed E-state index contributed by atoms with van der Waals surface area (Å²) in [4.78, 5) is 4.76. The maximum Gasteiger partial charge on any atom is 0.0791 e. The number of likely N-dealkylation sites (tertiary alicyclic amines) is 1. The summed E-state index contributed by atoms with van der Waals surface area (Å²) in [6.07, 6.45) is 1.06. The number of aliphatic hydroxyl groups is 1. The van der Waals surface area contributed by atoms with Crippen molar-refractivity contribution in [2.75, 3.05) is 52.4 Å². The summed E-state index contributed by atoms with van der Waals surface area (Å²) in [5.41, 5.74) is 0. The molecule has 1 aliphatic heterocycles. The Labute approximate surface area is 112 Å². The summed E-state index contributed by atoms with van der Waals surface area (Å²) in [6, 6.07) is 0. The molecule has 4 nitrogen and oxygen atoms in total. The molecule has 108 valence electrons. The second kappa shape index (κ2) is 8.86. The normalized spacial score (nSPS) is 22.8. The molecule has 0 amide bonds. The SMILES string of the molecule is CCN(CC)CC(O)CNCC1CCN(CC)C1. The maximum atomic E-state index is 9.94. The molecule has 0 aromatic heterocycles. The zero-order valence-corrected chi connectivity index (χ0v) is 12.4. The van der Waals surface area contributed by atoms with E-state index in [1.54, 1.807) is 0 Å². The van der Waals surface area contributed by atoms with Crippen LogP contribution in [0.3, 0.4) is 0 Å². The van der Waals surface area contributed by atoms with Crippen LogP contribution in [-0.2, 0) is 0 Å². The van der Waals surface area contributed by atoms with Crippen LogP contribution in [0.4, 0.5) is 0 Å². The number of aliphatic hydroxyl groups excluding tert-OH is 1. The molecule has 0 saturated carbocycles. The Hall–Kier alpha value is -0.160. The van der Waals surface area contributed by atoms with Gasteiger partial charge in [0.05, 0.1) is 6.10 Å². The van der Waals surface area contributed by atoms with Gasteiger partial charge in [-0.25, -0.2) is 0 Å². The minimum atomic E-state index is -0.242. The van der Waals surface area contributed by atoms with Gasteiger partial charge in [-0.2, -0.15) is 0 Å². The Kier molecular flexibility index (Phi) is 7.82. The molecule has 2 unspecified atom stereocenters. The van der Waals surface area contributed by atoms with Crippen molar-refractivity contribution in [2.45, 2.75) is 33.3 Å². The van der Waals surface area contributed by atoms with Gasteiger partial charge in [-0.05, 0) is 45.1 Å². The predicted molar refractivity (Wildman–Crippen MR) is 76.9 cm³/mol. The van der Waals surface area contributed by atoms with E-state index in [0.29, 0.717) is 0 Å². The van der Waals surface area contributed by atoms with Crippen LogP contribution in [0.2, 0.25) is 0 Å². The van der Waals surface area contributed by atoms with E-state index < -0.39 is 0 Å². The lowest BCUT2D eigenvalue weighted by Crippen LogP contribution is -2.39. The Balaban J connectivity index is 2.06. The molecule has 0 aromatic rings. The molecule has 2 N–H and O–H groups in total. The van der Waals surface area contributed by atoms with Crippen LogP contribution in [0.1, 0.15) is 27.2 Å². The third kappa shape index (κ3) is 5.65. The fourth-order valence-corrected chi connectivity index (χ4v) is 2.67. The van der Waals surface area contributed by atoms with E-state index >= 15 is 0 Å². The van der Waals surface area contributed by atoms with E-state index in [4.69, 9.17) is 0 Å². The Morgan fingerprint density at radius 1 is 1.33 bits per heavy atom. The van der Waals surface area contributed by atoms with E-state index in [-0.39, 0.29) is 6.10 Å². The second-order valence-corrected chi connectivity index (χ2v) is 5.35. The monoisotopic (exact) mass is 257 g/mol. The smallest absolute Gasteiger partial charge is 0.0791 e. The van der Waals surface area contributed by atoms with E-state index in [9.17, 15) is 5.11 Å². The number of hydrogen-bond donors (Lipinski definition) is 2. The Morgan fingerprint density at radius 3 is 2.61 bits per heavy atom. The first-order chi connectivity index (χ1) is 8.69. The quantitative estimate of drug-likeness (QED) is 0.635. The number of nitrogens with one attached hydrogen (secondary N) is 1. The van der Waals surface area contributed by atoms with Crippen LogP contribution in [0.5, 0.6) is 0 Å². The van der Waals surface area contributed by atoms with Crippen LogP contribution >= 0.6 is 0 Å². The standard InChI is InChI=1S/C14H31N3O/c1-4-16(5-2)12-14(18)10-15-9-13-7-8-17(6-3)11-13/h13-15,18H,4-12H2,1-3H3. The fraction of sp³-hybridized carbons (Fsp3) is 1.00. The Morgan fingerprint density at radius 2 is 2.06 bits per heavy atom. The summed E-state index contributed by atoms with van der Waals surface area (Å²) < 4.78 is 0. The summed E-state index contributed by atoms with van der Waals surface area (Å²) in [7, 11) is 0. The van der Waals surface area contributed by atoms with Crippen LogP contribution < -0.4 is 5.32 Å². The molecule has 1 saturated heterocycles. The number of rotatable bonds is 9. The van der Waals surface area contributed by atoms with Gasteiger partial charge in [0.25, 0.3) is 0 Å². The predicted octanol–water partition coefficient (Wildman–Crippen LogP) is 0.621. The third-order valence-corrected chi connectivity index (χ3v) is 3.99. The molecule has 4 heteroatoms. The maximum absolute atomic E-state index is 9.94. The third-order valence-electron chi connectivity index (χ3n) is 3.99. The van der Waals surface area contributed by atoms with Gasteiger partial charge in [0.2, 0.25) is 0 Å². The van der Waals surface area contributed by atoms with Gasteiger partial charge in [0.1, 0.15) is 0 Å². The van der Waals surface area contributed by atoms with Crippen molar-refractivity contribution in [3.05, 3.63) is 0 Å². The number of nitrogens with zero attached hydrogens (tertiary/aromatic N) is 2. The van der Waals surface area contributed by atoms with Gasteiger partial charge >= 0.3 is 0 Å². The van der Waals surface area contributed by atoms with Gasteiger partial charge in [0.15, 0.2) is 0 Å². The number of likely N-dealkylation sites (N-methyl/N-ethyl adjacent to an activating group) is 1. The lowest BCUT2D eigenvalue weighted by atomic mass is 10.1. The molecule has 1 fully saturated rings. The van der Waals surface area contributed by atoms with E-state index in [2.05, 4.69) is 35.9 Å². The lowest BCUT2D eigenvalue weighted by Gasteiger charge is -2.22. The topological polar surface area (TPSA) is 38.7 Å². The highest BCUT2D eigenvalue weighted by atomic mass is 16.3. The van der Waals surface area contributed by atoms with Crippen molar-refractivity contribution < 1.29 is 5.11 Å². The molecule has 0 aromatic carbocycles. The second-order valence-electron chi connectivity index (χ2n) is 5.35. The van der Waals surface area contributed by atoms with Crippen molar-refractivity contribution in [3.8, 4) is 0 Å². The minimum Gasteiger partial charge on any atom is -0.390 e. The van der Waals surface area contributed by atoms with Gasteiger partial charge in [-0.15, -0.1) is 0 Å². The molecule has 0 aliphatic carbocycles. The van der Waals surface area contributed by atoms with E-state index in [0.717, 1.165) is 38.6 Å². The van der Waals surface area contributed by atoms with Crippen LogP contribution in [-0.4, -0.2) is 73.4 Å². The average Bonchev–Trinajstić information content (AvgIpc) is 2.84. The molecular weight excluding hydrogens is 226 g/mol. The molecule has 1 heterocycles. The molecule has 18 heavy (non-hydrogen) atoms. The summed E-state index contributed by atoms with van der Waals surface area (Å²) in [5.74, 6) is 0.769. The molecule has 0 radical (unpaired) electrons. The van der Waals surface area contributed by atoms with E-state index in [1.807, 2.05) is 0 Å². The summed E-state index contributed by atoms with van der Waals surface area (Å²) >= 11 is 0. The first-order valence-electron chi connectivity index (χ1n) is 7.53. The highest BCUT2D eigenvalue weighted by molar-refractivity contribution is 4.77. The molecule has 0 bridgehead atoms. The van der Waals surface area contributed by atoms with E-state index in [1.165, 1.54) is 26.1 Å². The van der Waals surface area contributed by atoms with Crippen LogP contribution in [0.25, 0.3) is 0 Å². The highest BCUT2D eigenvalue weighted by Gasteiger charge is 2.20. The molecule has 1 aliphatic rings. The first-order valence-corrected chi connectivity index (χ1v) is 7.53. The van der Waals surface area contributed by atoms with Crippen molar-refractivity contribution in [3.63, 3.8) is 0 Å². The van der Waals surface area contributed by atoms with Crippen molar-refractivity contribution in [2.24, 2.45) is 5.92 Å².